The zero-order valence-corrected chi connectivity index (χ0v) is 12.2. The van der Waals surface area contributed by atoms with Crippen LogP contribution in [0, 0.1) is 0 Å². The van der Waals surface area contributed by atoms with Gasteiger partial charge in [-0.25, -0.2) is 0 Å². The number of anilines is 1. The lowest BCUT2D eigenvalue weighted by molar-refractivity contribution is -0.116. The number of hydrogen-bond acceptors (Lipinski definition) is 4. The summed E-state index contributed by atoms with van der Waals surface area (Å²) in [5, 5.41) is 11.8. The molecule has 2 aromatic carbocycles. The quantitative estimate of drug-likeness (QED) is 0.668. The maximum Gasteiger partial charge on any atom is 0.261 e. The van der Waals surface area contributed by atoms with Crippen molar-refractivity contribution in [2.24, 2.45) is 0 Å². The summed E-state index contributed by atoms with van der Waals surface area (Å²) in [6.45, 7) is 0.0241. The summed E-state index contributed by atoms with van der Waals surface area (Å²) >= 11 is 0. The largest absolute Gasteiger partial charge is 0.508 e. The third kappa shape index (κ3) is 2.91. The Balaban J connectivity index is 1.61. The predicted molar refractivity (Wildman–Crippen MR) is 83.2 cm³/mol. The van der Waals surface area contributed by atoms with Crippen molar-refractivity contribution in [1.29, 1.82) is 0 Å². The van der Waals surface area contributed by atoms with Crippen molar-refractivity contribution in [3.8, 4) is 5.75 Å². The van der Waals surface area contributed by atoms with Gasteiger partial charge in [-0.1, -0.05) is 12.1 Å². The molecule has 0 fully saturated rings. The van der Waals surface area contributed by atoms with Gasteiger partial charge in [0.1, 0.15) is 5.75 Å². The van der Waals surface area contributed by atoms with E-state index in [1.807, 2.05) is 0 Å². The highest BCUT2D eigenvalue weighted by molar-refractivity contribution is 6.21. The molecule has 0 saturated carbocycles. The predicted octanol–water partition coefficient (Wildman–Crippen LogP) is 2.02. The normalized spacial score (nSPS) is 13.1. The van der Waals surface area contributed by atoms with Crippen molar-refractivity contribution in [3.63, 3.8) is 0 Å². The van der Waals surface area contributed by atoms with Gasteiger partial charge in [-0.05, 0) is 36.4 Å². The van der Waals surface area contributed by atoms with Crippen LogP contribution in [0.5, 0.6) is 5.75 Å². The first-order valence-corrected chi connectivity index (χ1v) is 7.10. The molecular weight excluding hydrogens is 296 g/mol. The smallest absolute Gasteiger partial charge is 0.261 e. The van der Waals surface area contributed by atoms with Gasteiger partial charge in [0, 0.05) is 18.7 Å². The maximum absolute atomic E-state index is 12.2. The Bertz CT molecular complexity index is 748. The molecule has 0 radical (unpaired) electrons. The van der Waals surface area contributed by atoms with Crippen molar-refractivity contribution >= 4 is 23.4 Å². The van der Waals surface area contributed by atoms with Gasteiger partial charge in [-0.15, -0.1) is 0 Å². The molecule has 2 N–H and O–H groups in total. The summed E-state index contributed by atoms with van der Waals surface area (Å²) in [6, 6.07) is 12.7. The molecule has 0 saturated heterocycles. The van der Waals surface area contributed by atoms with Gasteiger partial charge in [0.2, 0.25) is 5.91 Å². The highest BCUT2D eigenvalue weighted by Crippen LogP contribution is 2.22. The van der Waals surface area contributed by atoms with E-state index in [0.29, 0.717) is 16.8 Å². The Kier molecular flexibility index (Phi) is 3.80. The molecule has 116 valence electrons. The van der Waals surface area contributed by atoms with E-state index in [0.717, 1.165) is 4.90 Å². The number of carbonyl (C=O) groups is 3. The lowest BCUT2D eigenvalue weighted by Crippen LogP contribution is -2.32. The van der Waals surface area contributed by atoms with E-state index in [1.165, 1.54) is 12.1 Å². The summed E-state index contributed by atoms with van der Waals surface area (Å²) in [7, 11) is 0. The Morgan fingerprint density at radius 2 is 1.52 bits per heavy atom. The number of hydrogen-bond donors (Lipinski definition) is 2. The van der Waals surface area contributed by atoms with Gasteiger partial charge in [0.15, 0.2) is 0 Å². The van der Waals surface area contributed by atoms with E-state index in [9.17, 15) is 19.5 Å². The average molecular weight is 310 g/mol. The standard InChI is InChI=1S/C17H14N2O4/c20-12-7-5-11(6-8-12)18-15(21)9-10-19-16(22)13-3-1-2-4-14(13)17(19)23/h1-8,20H,9-10H2,(H,18,21). The van der Waals surface area contributed by atoms with Crippen LogP contribution in [0.3, 0.4) is 0 Å². The summed E-state index contributed by atoms with van der Waals surface area (Å²) in [6.07, 6.45) is 0.00629. The van der Waals surface area contributed by atoms with Crippen molar-refractivity contribution < 1.29 is 19.5 Å². The average Bonchev–Trinajstić information content (AvgIpc) is 2.80. The van der Waals surface area contributed by atoms with Crippen molar-refractivity contribution in [3.05, 3.63) is 59.7 Å². The minimum atomic E-state index is -0.372. The molecule has 0 aromatic heterocycles. The number of rotatable bonds is 4. The fourth-order valence-electron chi connectivity index (χ4n) is 2.42. The van der Waals surface area contributed by atoms with E-state index in [1.54, 1.807) is 36.4 Å². The number of benzene rings is 2. The molecule has 0 bridgehead atoms. The second-order valence-corrected chi connectivity index (χ2v) is 5.15. The molecule has 6 heteroatoms. The molecule has 3 rings (SSSR count). The summed E-state index contributed by atoms with van der Waals surface area (Å²) in [4.78, 5) is 37.3. The van der Waals surface area contributed by atoms with E-state index < -0.39 is 0 Å². The first kappa shape index (κ1) is 14.8. The first-order chi connectivity index (χ1) is 11.1. The summed E-state index contributed by atoms with van der Waals surface area (Å²) in [5.41, 5.74) is 1.28. The Hall–Kier alpha value is -3.15. The molecule has 0 spiro atoms. The number of carbonyl (C=O) groups excluding carboxylic acids is 3. The minimum absolute atomic E-state index is 0.00629. The molecule has 23 heavy (non-hydrogen) atoms. The fourth-order valence-corrected chi connectivity index (χ4v) is 2.42. The second kappa shape index (κ2) is 5.92. The van der Waals surface area contributed by atoms with Crippen molar-refractivity contribution in [2.75, 3.05) is 11.9 Å². The highest BCUT2D eigenvalue weighted by Gasteiger charge is 2.34. The van der Waals surface area contributed by atoms with Crippen molar-refractivity contribution in [2.45, 2.75) is 6.42 Å². The number of nitrogens with zero attached hydrogens (tertiary/aromatic N) is 1. The number of nitrogens with one attached hydrogen (secondary N) is 1. The molecule has 2 aromatic rings. The van der Waals surface area contributed by atoms with Gasteiger partial charge in [0.05, 0.1) is 11.1 Å². The maximum atomic E-state index is 12.2. The number of fused-ring (bicyclic) bond motifs is 1. The molecule has 1 aliphatic heterocycles. The van der Waals surface area contributed by atoms with Crippen LogP contribution in [0.4, 0.5) is 5.69 Å². The van der Waals surface area contributed by atoms with E-state index in [2.05, 4.69) is 5.32 Å². The van der Waals surface area contributed by atoms with Gasteiger partial charge in [-0.3, -0.25) is 19.3 Å². The minimum Gasteiger partial charge on any atom is -0.508 e. The SMILES string of the molecule is O=C(CCN1C(=O)c2ccccc2C1=O)Nc1ccc(O)cc1. The van der Waals surface area contributed by atoms with Gasteiger partial charge in [0.25, 0.3) is 11.8 Å². The van der Waals surface area contributed by atoms with E-state index in [4.69, 9.17) is 0 Å². The molecule has 0 unspecified atom stereocenters. The van der Waals surface area contributed by atoms with E-state index >= 15 is 0 Å². The topological polar surface area (TPSA) is 86.7 Å². The van der Waals surface area contributed by atoms with Gasteiger partial charge < -0.3 is 10.4 Å². The van der Waals surface area contributed by atoms with Crippen LogP contribution in [-0.2, 0) is 4.79 Å². The summed E-state index contributed by atoms with van der Waals surface area (Å²) in [5.74, 6) is -0.952. The van der Waals surface area contributed by atoms with E-state index in [-0.39, 0.29) is 36.4 Å². The van der Waals surface area contributed by atoms with Crippen LogP contribution >= 0.6 is 0 Å². The monoisotopic (exact) mass is 310 g/mol. The van der Waals surface area contributed by atoms with Gasteiger partial charge >= 0.3 is 0 Å². The fraction of sp³-hybridized carbons (Fsp3) is 0.118. The lowest BCUT2D eigenvalue weighted by atomic mass is 10.1. The number of imide groups is 1. The first-order valence-electron chi connectivity index (χ1n) is 7.10. The zero-order chi connectivity index (χ0) is 16.4. The highest BCUT2D eigenvalue weighted by atomic mass is 16.3. The third-order valence-corrected chi connectivity index (χ3v) is 3.59. The molecule has 1 heterocycles. The zero-order valence-electron chi connectivity index (χ0n) is 12.2. The van der Waals surface area contributed by atoms with Crippen LogP contribution in [0.15, 0.2) is 48.5 Å². The van der Waals surface area contributed by atoms with Crippen molar-refractivity contribution in [1.82, 2.24) is 4.90 Å². The molecule has 1 aliphatic rings. The Morgan fingerprint density at radius 1 is 0.957 bits per heavy atom. The molecule has 3 amide bonds. The number of aromatic hydroxyl groups is 1. The molecule has 0 aliphatic carbocycles. The number of amides is 3. The third-order valence-electron chi connectivity index (χ3n) is 3.59. The number of phenolic OH excluding ortho intramolecular Hbond substituents is 1. The van der Waals surface area contributed by atoms with Crippen LogP contribution in [0.2, 0.25) is 0 Å². The Labute approximate surface area is 132 Å². The second-order valence-electron chi connectivity index (χ2n) is 5.15. The van der Waals surface area contributed by atoms with Crippen LogP contribution < -0.4 is 5.32 Å². The van der Waals surface area contributed by atoms with Crippen LogP contribution in [0.1, 0.15) is 27.1 Å². The van der Waals surface area contributed by atoms with Crippen LogP contribution in [0.25, 0.3) is 0 Å². The molecule has 6 nitrogen and oxygen atoms in total. The Morgan fingerprint density at radius 3 is 2.09 bits per heavy atom. The molecular formula is C17H14N2O4. The number of phenols is 1. The van der Waals surface area contributed by atoms with Gasteiger partial charge in [-0.2, -0.15) is 0 Å². The summed E-state index contributed by atoms with van der Waals surface area (Å²) < 4.78 is 0. The van der Waals surface area contributed by atoms with Crippen LogP contribution in [-0.4, -0.2) is 34.3 Å². The molecule has 0 atom stereocenters. The lowest BCUT2D eigenvalue weighted by Gasteiger charge is -2.13.